The van der Waals surface area contributed by atoms with Gasteiger partial charge in [0, 0.05) is 18.0 Å². The smallest absolute Gasteiger partial charge is 0.237 e. The Morgan fingerprint density at radius 1 is 1.53 bits per heavy atom. The van der Waals surface area contributed by atoms with Crippen LogP contribution in [0, 0.1) is 0 Å². The summed E-state index contributed by atoms with van der Waals surface area (Å²) in [6.45, 7) is 1.48. The van der Waals surface area contributed by atoms with Gasteiger partial charge >= 0.3 is 0 Å². The summed E-state index contributed by atoms with van der Waals surface area (Å²) < 4.78 is 5.36. The van der Waals surface area contributed by atoms with Gasteiger partial charge in [0.15, 0.2) is 0 Å². The molecule has 19 heavy (non-hydrogen) atoms. The molecule has 0 aromatic heterocycles. The fourth-order valence-electron chi connectivity index (χ4n) is 2.20. The third kappa shape index (κ3) is 3.64. The number of hydrogen-bond acceptors (Lipinski definition) is 4. The van der Waals surface area contributed by atoms with Gasteiger partial charge in [0.05, 0.1) is 13.2 Å². The van der Waals surface area contributed by atoms with E-state index < -0.39 is 0 Å². The third-order valence-corrected chi connectivity index (χ3v) is 4.06. The van der Waals surface area contributed by atoms with Crippen LogP contribution in [0.15, 0.2) is 23.1 Å². The molecule has 104 valence electrons. The van der Waals surface area contributed by atoms with Crippen molar-refractivity contribution in [2.75, 3.05) is 19.9 Å². The summed E-state index contributed by atoms with van der Waals surface area (Å²) >= 11 is 1.67. The van der Waals surface area contributed by atoms with Gasteiger partial charge in [-0.15, -0.1) is 11.8 Å². The number of carbonyl (C=O) groups is 1. The molecule has 0 bridgehead atoms. The molecule has 2 rings (SSSR count). The van der Waals surface area contributed by atoms with E-state index in [-0.39, 0.29) is 11.9 Å². The summed E-state index contributed by atoms with van der Waals surface area (Å²) in [6.07, 6.45) is 3.98. The molecule has 4 nitrogen and oxygen atoms in total. The van der Waals surface area contributed by atoms with Crippen molar-refractivity contribution in [3.63, 3.8) is 0 Å². The number of nitrogens with one attached hydrogen (secondary N) is 2. The quantitative estimate of drug-likeness (QED) is 0.807. The van der Waals surface area contributed by atoms with Crippen LogP contribution in [0.3, 0.4) is 0 Å². The minimum atomic E-state index is -0.0695. The molecular formula is C14H20N2O2S. The number of carbonyl (C=O) groups excluding carboxylic acids is 1. The average Bonchev–Trinajstić information content (AvgIpc) is 2.46. The second kappa shape index (κ2) is 6.82. The zero-order chi connectivity index (χ0) is 13.7. The standard InChI is InChI=1S/C14H20N2O2S/c1-18-12-8-10(5-6-13(12)19-2)9-16-11-4-3-7-15-14(11)17/h5-6,8,11,16H,3-4,7,9H2,1-2H3,(H,15,17)/t11-/m0/s1. The number of piperidine rings is 1. The predicted molar refractivity (Wildman–Crippen MR) is 77.6 cm³/mol. The molecule has 1 fully saturated rings. The molecule has 1 aliphatic heterocycles. The second-order valence-corrected chi connectivity index (χ2v) is 5.40. The molecular weight excluding hydrogens is 260 g/mol. The van der Waals surface area contributed by atoms with E-state index in [1.54, 1.807) is 18.9 Å². The molecule has 0 radical (unpaired) electrons. The minimum absolute atomic E-state index is 0.0695. The Labute approximate surface area is 118 Å². The van der Waals surface area contributed by atoms with E-state index in [0.717, 1.165) is 35.6 Å². The van der Waals surface area contributed by atoms with Crippen LogP contribution in [0.25, 0.3) is 0 Å². The molecule has 1 aromatic rings. The van der Waals surface area contributed by atoms with Crippen molar-refractivity contribution in [3.05, 3.63) is 23.8 Å². The van der Waals surface area contributed by atoms with E-state index >= 15 is 0 Å². The fraction of sp³-hybridized carbons (Fsp3) is 0.500. The van der Waals surface area contributed by atoms with Crippen LogP contribution < -0.4 is 15.4 Å². The van der Waals surface area contributed by atoms with Crippen molar-refractivity contribution >= 4 is 17.7 Å². The summed E-state index contributed by atoms with van der Waals surface area (Å²) in [6, 6.07) is 6.09. The van der Waals surface area contributed by atoms with E-state index in [1.807, 2.05) is 12.3 Å². The van der Waals surface area contributed by atoms with Gasteiger partial charge in [0.25, 0.3) is 0 Å². The summed E-state index contributed by atoms with van der Waals surface area (Å²) in [5.41, 5.74) is 1.13. The molecule has 5 heteroatoms. The van der Waals surface area contributed by atoms with E-state index in [9.17, 15) is 4.79 Å². The van der Waals surface area contributed by atoms with E-state index in [1.165, 1.54) is 0 Å². The van der Waals surface area contributed by atoms with E-state index in [2.05, 4.69) is 22.8 Å². The van der Waals surface area contributed by atoms with Gasteiger partial charge in [0.1, 0.15) is 5.75 Å². The number of hydrogen-bond donors (Lipinski definition) is 2. The molecule has 1 heterocycles. The normalized spacial score (nSPS) is 19.1. The predicted octanol–water partition coefficient (Wildman–Crippen LogP) is 1.79. The summed E-state index contributed by atoms with van der Waals surface area (Å²) in [5, 5.41) is 6.18. The van der Waals surface area contributed by atoms with E-state index in [0.29, 0.717) is 6.54 Å². The Morgan fingerprint density at radius 3 is 3.05 bits per heavy atom. The zero-order valence-corrected chi connectivity index (χ0v) is 12.2. The lowest BCUT2D eigenvalue weighted by Gasteiger charge is -2.23. The van der Waals surface area contributed by atoms with Crippen molar-refractivity contribution < 1.29 is 9.53 Å². The van der Waals surface area contributed by atoms with Gasteiger partial charge in [0.2, 0.25) is 5.91 Å². The van der Waals surface area contributed by atoms with Gasteiger partial charge in [-0.05, 0) is 36.8 Å². The largest absolute Gasteiger partial charge is 0.496 e. The van der Waals surface area contributed by atoms with Gasteiger partial charge in [-0.1, -0.05) is 6.07 Å². The third-order valence-electron chi connectivity index (χ3n) is 3.29. The molecule has 1 atom stereocenters. The molecule has 1 saturated heterocycles. The van der Waals surface area contributed by atoms with Crippen LogP contribution in [-0.2, 0) is 11.3 Å². The van der Waals surface area contributed by atoms with Gasteiger partial charge < -0.3 is 15.4 Å². The molecule has 0 saturated carbocycles. The lowest BCUT2D eigenvalue weighted by molar-refractivity contribution is -0.124. The van der Waals surface area contributed by atoms with Crippen LogP contribution in [0.5, 0.6) is 5.75 Å². The summed E-state index contributed by atoms with van der Waals surface area (Å²) in [4.78, 5) is 12.8. The maximum Gasteiger partial charge on any atom is 0.237 e. The lowest BCUT2D eigenvalue weighted by atomic mass is 10.1. The van der Waals surface area contributed by atoms with Crippen LogP contribution in [0.1, 0.15) is 18.4 Å². The fourth-order valence-corrected chi connectivity index (χ4v) is 2.75. The van der Waals surface area contributed by atoms with Crippen molar-refractivity contribution in [2.24, 2.45) is 0 Å². The number of benzene rings is 1. The number of ether oxygens (including phenoxy) is 1. The minimum Gasteiger partial charge on any atom is -0.496 e. The molecule has 0 spiro atoms. The summed E-state index contributed by atoms with van der Waals surface area (Å²) in [7, 11) is 1.68. The second-order valence-electron chi connectivity index (χ2n) is 4.56. The van der Waals surface area contributed by atoms with Gasteiger partial charge in [-0.25, -0.2) is 0 Å². The molecule has 0 unspecified atom stereocenters. The first-order valence-electron chi connectivity index (χ1n) is 6.46. The number of amides is 1. The molecule has 1 amide bonds. The Balaban J connectivity index is 1.97. The Hall–Kier alpha value is -1.20. The van der Waals surface area contributed by atoms with Crippen molar-refractivity contribution in [3.8, 4) is 5.75 Å². The van der Waals surface area contributed by atoms with Crippen LogP contribution >= 0.6 is 11.8 Å². The number of thioether (sulfide) groups is 1. The maximum absolute atomic E-state index is 11.6. The van der Waals surface area contributed by atoms with Crippen LogP contribution in [0.2, 0.25) is 0 Å². The first kappa shape index (κ1) is 14.2. The Kier molecular flexibility index (Phi) is 5.10. The number of rotatable bonds is 5. The highest BCUT2D eigenvalue weighted by Crippen LogP contribution is 2.28. The van der Waals surface area contributed by atoms with E-state index in [4.69, 9.17) is 4.74 Å². The highest BCUT2D eigenvalue weighted by molar-refractivity contribution is 7.98. The van der Waals surface area contributed by atoms with Crippen molar-refractivity contribution in [1.29, 1.82) is 0 Å². The summed E-state index contributed by atoms with van der Waals surface area (Å²) in [5.74, 6) is 0.999. The topological polar surface area (TPSA) is 50.4 Å². The molecule has 2 N–H and O–H groups in total. The zero-order valence-electron chi connectivity index (χ0n) is 11.4. The van der Waals surface area contributed by atoms with Crippen molar-refractivity contribution in [2.45, 2.75) is 30.3 Å². The molecule has 1 aromatic carbocycles. The SMILES string of the molecule is COc1cc(CN[C@H]2CCCNC2=O)ccc1SC. The van der Waals surface area contributed by atoms with Crippen molar-refractivity contribution in [1.82, 2.24) is 10.6 Å². The highest BCUT2D eigenvalue weighted by atomic mass is 32.2. The van der Waals surface area contributed by atoms with Crippen LogP contribution in [0.4, 0.5) is 0 Å². The highest BCUT2D eigenvalue weighted by Gasteiger charge is 2.20. The van der Waals surface area contributed by atoms with Crippen LogP contribution in [-0.4, -0.2) is 31.9 Å². The number of methoxy groups -OCH3 is 1. The maximum atomic E-state index is 11.6. The molecule has 1 aliphatic rings. The average molecular weight is 280 g/mol. The monoisotopic (exact) mass is 280 g/mol. The first-order valence-corrected chi connectivity index (χ1v) is 7.69. The Bertz CT molecular complexity index is 451. The molecule has 0 aliphatic carbocycles. The Morgan fingerprint density at radius 2 is 2.37 bits per heavy atom. The van der Waals surface area contributed by atoms with Gasteiger partial charge in [-0.3, -0.25) is 4.79 Å². The first-order chi connectivity index (χ1) is 9.24. The lowest BCUT2D eigenvalue weighted by Crippen LogP contribution is -2.47. The van der Waals surface area contributed by atoms with Gasteiger partial charge in [-0.2, -0.15) is 0 Å².